The first-order chi connectivity index (χ1) is 9.25. The molecule has 0 bridgehead atoms. The average Bonchev–Trinajstić information content (AvgIpc) is 2.82. The van der Waals surface area contributed by atoms with Gasteiger partial charge in [-0.3, -0.25) is 0 Å². The van der Waals surface area contributed by atoms with Crippen molar-refractivity contribution >= 4 is 0 Å². The van der Waals surface area contributed by atoms with Crippen LogP contribution in [0.2, 0.25) is 0 Å². The number of hydrogen-bond acceptors (Lipinski definition) is 3. The van der Waals surface area contributed by atoms with Gasteiger partial charge in [0.15, 0.2) is 0 Å². The van der Waals surface area contributed by atoms with Crippen LogP contribution in [0.5, 0.6) is 0 Å². The summed E-state index contributed by atoms with van der Waals surface area (Å²) in [6.45, 7) is 6.53. The summed E-state index contributed by atoms with van der Waals surface area (Å²) in [6, 6.07) is 8.51. The van der Waals surface area contributed by atoms with E-state index in [1.807, 2.05) is 0 Å². The Morgan fingerprint density at radius 2 is 2.11 bits per heavy atom. The van der Waals surface area contributed by atoms with E-state index in [0.29, 0.717) is 6.61 Å². The maximum atomic E-state index is 5.49. The molecule has 4 heteroatoms. The predicted molar refractivity (Wildman–Crippen MR) is 75.1 cm³/mol. The average molecular weight is 257 g/mol. The molecule has 0 spiro atoms. The van der Waals surface area contributed by atoms with Crippen molar-refractivity contribution in [1.82, 2.24) is 15.3 Å². The molecule has 1 aromatic heterocycles. The zero-order valence-electron chi connectivity index (χ0n) is 11.4. The van der Waals surface area contributed by atoms with Gasteiger partial charge in [0.2, 0.25) is 0 Å². The third-order valence-corrected chi connectivity index (χ3v) is 3.55. The van der Waals surface area contributed by atoms with Crippen LogP contribution in [0, 0.1) is 13.8 Å². The second kappa shape index (κ2) is 5.15. The fourth-order valence-electron chi connectivity index (χ4n) is 2.49. The van der Waals surface area contributed by atoms with Gasteiger partial charge in [-0.05, 0) is 19.4 Å². The number of nitrogens with zero attached hydrogens (tertiary/aromatic N) is 1. The quantitative estimate of drug-likeness (QED) is 0.868. The summed E-state index contributed by atoms with van der Waals surface area (Å²) in [6.07, 6.45) is 0. The van der Waals surface area contributed by atoms with E-state index in [-0.39, 0.29) is 6.04 Å². The van der Waals surface area contributed by atoms with Crippen molar-refractivity contribution in [1.29, 1.82) is 0 Å². The van der Waals surface area contributed by atoms with Crippen LogP contribution in [0.25, 0.3) is 11.3 Å². The largest absolute Gasteiger partial charge is 0.378 e. The van der Waals surface area contributed by atoms with Gasteiger partial charge in [-0.15, -0.1) is 0 Å². The smallest absolute Gasteiger partial charge is 0.126 e. The molecule has 1 atom stereocenters. The predicted octanol–water partition coefficient (Wildman–Crippen LogP) is 2.35. The molecule has 0 aliphatic carbocycles. The zero-order chi connectivity index (χ0) is 13.2. The van der Waals surface area contributed by atoms with Crippen LogP contribution >= 0.6 is 0 Å². The van der Waals surface area contributed by atoms with Crippen molar-refractivity contribution in [2.24, 2.45) is 0 Å². The van der Waals surface area contributed by atoms with E-state index in [1.165, 1.54) is 11.1 Å². The van der Waals surface area contributed by atoms with Crippen LogP contribution in [0.15, 0.2) is 24.3 Å². The minimum atomic E-state index is 0.171. The summed E-state index contributed by atoms with van der Waals surface area (Å²) in [7, 11) is 0. The second-order valence-corrected chi connectivity index (χ2v) is 4.99. The van der Waals surface area contributed by atoms with Crippen LogP contribution in [0.4, 0.5) is 0 Å². The molecule has 1 fully saturated rings. The van der Waals surface area contributed by atoms with Crippen molar-refractivity contribution < 1.29 is 4.74 Å². The molecule has 100 valence electrons. The molecule has 1 aliphatic heterocycles. The number of hydrogen-bond donors (Lipinski definition) is 2. The lowest BCUT2D eigenvalue weighted by atomic mass is 10.1. The van der Waals surface area contributed by atoms with Crippen LogP contribution in [0.1, 0.15) is 23.1 Å². The lowest BCUT2D eigenvalue weighted by Crippen LogP contribution is -2.35. The highest BCUT2D eigenvalue weighted by atomic mass is 16.5. The summed E-state index contributed by atoms with van der Waals surface area (Å²) < 4.78 is 5.49. The maximum Gasteiger partial charge on any atom is 0.126 e. The minimum absolute atomic E-state index is 0.171. The Labute approximate surface area is 113 Å². The highest BCUT2D eigenvalue weighted by Crippen LogP contribution is 2.26. The van der Waals surface area contributed by atoms with Crippen LogP contribution in [0.3, 0.4) is 0 Å². The fraction of sp³-hybridized carbons (Fsp3) is 0.400. The third kappa shape index (κ3) is 2.41. The molecular weight excluding hydrogens is 238 g/mol. The number of ether oxygens (including phenoxy) is 1. The summed E-state index contributed by atoms with van der Waals surface area (Å²) in [5.41, 5.74) is 4.59. The van der Waals surface area contributed by atoms with Crippen molar-refractivity contribution in [3.05, 3.63) is 41.3 Å². The number of nitrogens with one attached hydrogen (secondary N) is 2. The summed E-state index contributed by atoms with van der Waals surface area (Å²) in [4.78, 5) is 8.15. The molecule has 4 nitrogen and oxygen atoms in total. The number of rotatable bonds is 2. The minimum Gasteiger partial charge on any atom is -0.378 e. The van der Waals surface area contributed by atoms with Gasteiger partial charge in [0.25, 0.3) is 0 Å². The molecule has 2 N–H and O–H groups in total. The number of aromatic amines is 1. The molecule has 19 heavy (non-hydrogen) atoms. The molecular formula is C15H19N3O. The summed E-state index contributed by atoms with van der Waals surface area (Å²) in [5, 5.41) is 3.42. The van der Waals surface area contributed by atoms with Crippen LogP contribution in [-0.2, 0) is 4.74 Å². The highest BCUT2D eigenvalue weighted by molar-refractivity contribution is 5.65. The van der Waals surface area contributed by atoms with Gasteiger partial charge in [-0.1, -0.05) is 24.3 Å². The van der Waals surface area contributed by atoms with Gasteiger partial charge in [0.05, 0.1) is 24.9 Å². The van der Waals surface area contributed by atoms with E-state index < -0.39 is 0 Å². The Balaban J connectivity index is 1.95. The number of aromatic nitrogens is 2. The van der Waals surface area contributed by atoms with Gasteiger partial charge in [-0.25, -0.2) is 4.98 Å². The SMILES string of the molecule is Cc1ccccc1-c1nc(C2COCCN2)[nH]c1C. The lowest BCUT2D eigenvalue weighted by Gasteiger charge is -2.21. The maximum absolute atomic E-state index is 5.49. The first-order valence-electron chi connectivity index (χ1n) is 6.69. The molecule has 0 amide bonds. The molecule has 0 saturated carbocycles. The van der Waals surface area contributed by atoms with E-state index in [1.54, 1.807) is 0 Å². The van der Waals surface area contributed by atoms with Crippen molar-refractivity contribution in [2.45, 2.75) is 19.9 Å². The Morgan fingerprint density at radius 3 is 2.84 bits per heavy atom. The van der Waals surface area contributed by atoms with Crippen LogP contribution < -0.4 is 5.32 Å². The molecule has 2 heterocycles. The van der Waals surface area contributed by atoms with E-state index in [4.69, 9.17) is 9.72 Å². The zero-order valence-corrected chi connectivity index (χ0v) is 11.4. The summed E-state index contributed by atoms with van der Waals surface area (Å²) in [5.74, 6) is 0.968. The van der Waals surface area contributed by atoms with Crippen molar-refractivity contribution in [3.63, 3.8) is 0 Å². The molecule has 2 aromatic rings. The number of benzene rings is 1. The lowest BCUT2D eigenvalue weighted by molar-refractivity contribution is 0.0745. The molecule has 1 aliphatic rings. The highest BCUT2D eigenvalue weighted by Gasteiger charge is 2.20. The molecule has 3 rings (SSSR count). The molecule has 1 saturated heterocycles. The Bertz CT molecular complexity index is 571. The van der Waals surface area contributed by atoms with Gasteiger partial charge in [-0.2, -0.15) is 0 Å². The standard InChI is InChI=1S/C15H19N3O/c1-10-5-3-4-6-12(10)14-11(2)17-15(18-14)13-9-19-8-7-16-13/h3-6,13,16H,7-9H2,1-2H3,(H,17,18). The Morgan fingerprint density at radius 1 is 1.26 bits per heavy atom. The number of imidazole rings is 1. The normalized spacial score (nSPS) is 19.6. The van der Waals surface area contributed by atoms with Gasteiger partial charge in [0.1, 0.15) is 5.82 Å². The third-order valence-electron chi connectivity index (χ3n) is 3.55. The molecule has 1 unspecified atom stereocenters. The van der Waals surface area contributed by atoms with Gasteiger partial charge in [0, 0.05) is 17.8 Å². The number of morpholine rings is 1. The number of aryl methyl sites for hydroxylation is 2. The van der Waals surface area contributed by atoms with E-state index in [2.05, 4.69) is 48.4 Å². The van der Waals surface area contributed by atoms with E-state index in [0.717, 1.165) is 30.4 Å². The topological polar surface area (TPSA) is 49.9 Å². The summed E-state index contributed by atoms with van der Waals surface area (Å²) >= 11 is 0. The second-order valence-electron chi connectivity index (χ2n) is 4.99. The Kier molecular flexibility index (Phi) is 3.36. The van der Waals surface area contributed by atoms with E-state index in [9.17, 15) is 0 Å². The first kappa shape index (κ1) is 12.4. The Hall–Kier alpha value is -1.65. The van der Waals surface area contributed by atoms with Gasteiger partial charge >= 0.3 is 0 Å². The van der Waals surface area contributed by atoms with Crippen molar-refractivity contribution in [2.75, 3.05) is 19.8 Å². The first-order valence-corrected chi connectivity index (χ1v) is 6.69. The van der Waals surface area contributed by atoms with E-state index >= 15 is 0 Å². The fourth-order valence-corrected chi connectivity index (χ4v) is 2.49. The van der Waals surface area contributed by atoms with Crippen molar-refractivity contribution in [3.8, 4) is 11.3 Å². The van der Waals surface area contributed by atoms with Crippen LogP contribution in [-0.4, -0.2) is 29.7 Å². The molecule has 1 aromatic carbocycles. The number of H-pyrrole nitrogens is 1. The molecule has 0 radical (unpaired) electrons. The monoisotopic (exact) mass is 257 g/mol. The van der Waals surface area contributed by atoms with Gasteiger partial charge < -0.3 is 15.0 Å².